The number of aryl methyl sites for hydroxylation is 1. The molecule has 1 aliphatic rings. The van der Waals surface area contributed by atoms with Gasteiger partial charge in [0.15, 0.2) is 0 Å². The molecule has 1 fully saturated rings. The van der Waals surface area contributed by atoms with E-state index < -0.39 is 0 Å². The third-order valence-corrected chi connectivity index (χ3v) is 3.36. The monoisotopic (exact) mass is 204 g/mol. The molecule has 2 nitrogen and oxygen atoms in total. The summed E-state index contributed by atoms with van der Waals surface area (Å²) in [6, 6.07) is 5.52. The summed E-state index contributed by atoms with van der Waals surface area (Å²) in [5.41, 5.74) is 2.61. The Hall–Kier alpha value is -0.890. The molecule has 15 heavy (non-hydrogen) atoms. The molecule has 1 aliphatic heterocycles. The molecule has 0 radical (unpaired) electrons. The first kappa shape index (κ1) is 10.6. The van der Waals surface area contributed by atoms with Crippen molar-refractivity contribution < 1.29 is 0 Å². The van der Waals surface area contributed by atoms with Crippen LogP contribution >= 0.6 is 0 Å². The molecule has 0 amide bonds. The van der Waals surface area contributed by atoms with E-state index in [1.165, 1.54) is 30.6 Å². The minimum Gasteiger partial charge on any atom is -0.294 e. The van der Waals surface area contributed by atoms with Crippen LogP contribution in [0.4, 0.5) is 0 Å². The Labute approximate surface area is 92.3 Å². The van der Waals surface area contributed by atoms with Crippen LogP contribution in [-0.4, -0.2) is 22.5 Å². The molecular formula is C13H20N2. The van der Waals surface area contributed by atoms with Gasteiger partial charge in [-0.1, -0.05) is 6.07 Å². The molecule has 1 saturated heterocycles. The Morgan fingerprint density at radius 2 is 2.27 bits per heavy atom. The van der Waals surface area contributed by atoms with Crippen LogP contribution in [-0.2, 0) is 0 Å². The predicted molar refractivity (Wildman–Crippen MR) is 62.8 cm³/mol. The number of aromatic nitrogens is 1. The van der Waals surface area contributed by atoms with Crippen molar-refractivity contribution in [1.82, 2.24) is 9.88 Å². The molecule has 2 heterocycles. The minimum absolute atomic E-state index is 0.596. The molecular weight excluding hydrogens is 184 g/mol. The lowest BCUT2D eigenvalue weighted by molar-refractivity contribution is 0.204. The van der Waals surface area contributed by atoms with Crippen LogP contribution in [0.2, 0.25) is 0 Å². The zero-order valence-electron chi connectivity index (χ0n) is 9.90. The highest BCUT2D eigenvalue weighted by molar-refractivity contribution is 5.23. The molecule has 0 saturated carbocycles. The molecule has 1 aromatic rings. The molecule has 0 aromatic carbocycles. The number of rotatable bonds is 2. The SMILES string of the molecule is Cc1ncccc1[C@@H]1CCCN1C(C)C. The van der Waals surface area contributed by atoms with Gasteiger partial charge in [0.05, 0.1) is 0 Å². The summed E-state index contributed by atoms with van der Waals surface area (Å²) in [7, 11) is 0. The second kappa shape index (κ2) is 4.31. The highest BCUT2D eigenvalue weighted by Gasteiger charge is 2.28. The zero-order valence-corrected chi connectivity index (χ0v) is 9.90. The minimum atomic E-state index is 0.596. The van der Waals surface area contributed by atoms with Gasteiger partial charge < -0.3 is 0 Å². The topological polar surface area (TPSA) is 16.1 Å². The van der Waals surface area contributed by atoms with Crippen molar-refractivity contribution in [3.63, 3.8) is 0 Å². The van der Waals surface area contributed by atoms with Gasteiger partial charge in [0.2, 0.25) is 0 Å². The molecule has 0 aliphatic carbocycles. The van der Waals surface area contributed by atoms with Crippen LogP contribution in [0.1, 0.15) is 44.0 Å². The number of hydrogen-bond donors (Lipinski definition) is 0. The predicted octanol–water partition coefficient (Wildman–Crippen LogP) is 2.94. The standard InChI is InChI=1S/C13H20N2/c1-10(2)15-9-5-7-13(15)12-6-4-8-14-11(12)3/h4,6,8,10,13H,5,7,9H2,1-3H3/t13-/m0/s1. The first-order valence-corrected chi connectivity index (χ1v) is 5.87. The number of pyridine rings is 1. The van der Waals surface area contributed by atoms with Gasteiger partial charge in [-0.15, -0.1) is 0 Å². The Balaban J connectivity index is 2.27. The van der Waals surface area contributed by atoms with Crippen LogP contribution < -0.4 is 0 Å². The van der Waals surface area contributed by atoms with E-state index in [1.807, 2.05) is 6.20 Å². The first-order chi connectivity index (χ1) is 7.20. The second-order valence-electron chi connectivity index (χ2n) is 4.67. The van der Waals surface area contributed by atoms with Crippen molar-refractivity contribution in [1.29, 1.82) is 0 Å². The maximum atomic E-state index is 4.39. The average molecular weight is 204 g/mol. The Morgan fingerprint density at radius 3 is 2.93 bits per heavy atom. The normalized spacial score (nSPS) is 22.5. The smallest absolute Gasteiger partial charge is 0.0420 e. The van der Waals surface area contributed by atoms with Gasteiger partial charge >= 0.3 is 0 Å². The van der Waals surface area contributed by atoms with Gasteiger partial charge in [0.1, 0.15) is 0 Å². The van der Waals surface area contributed by atoms with Gasteiger partial charge in [-0.25, -0.2) is 0 Å². The average Bonchev–Trinajstić information content (AvgIpc) is 2.67. The summed E-state index contributed by atoms with van der Waals surface area (Å²) in [5, 5.41) is 0. The number of nitrogens with zero attached hydrogens (tertiary/aromatic N) is 2. The highest BCUT2D eigenvalue weighted by atomic mass is 15.2. The van der Waals surface area contributed by atoms with E-state index in [0.29, 0.717) is 12.1 Å². The lowest BCUT2D eigenvalue weighted by Gasteiger charge is -2.29. The molecule has 1 aromatic heterocycles. The number of likely N-dealkylation sites (tertiary alicyclic amines) is 1. The van der Waals surface area contributed by atoms with Crippen LogP contribution in [0.25, 0.3) is 0 Å². The summed E-state index contributed by atoms with van der Waals surface area (Å²) >= 11 is 0. The van der Waals surface area contributed by atoms with Crippen molar-refractivity contribution >= 4 is 0 Å². The van der Waals surface area contributed by atoms with Crippen LogP contribution in [0, 0.1) is 6.92 Å². The van der Waals surface area contributed by atoms with E-state index in [0.717, 1.165) is 0 Å². The summed E-state index contributed by atoms with van der Waals surface area (Å²) in [6.07, 6.45) is 4.48. The van der Waals surface area contributed by atoms with Gasteiger partial charge in [-0.3, -0.25) is 9.88 Å². The molecule has 82 valence electrons. The second-order valence-corrected chi connectivity index (χ2v) is 4.67. The van der Waals surface area contributed by atoms with E-state index in [9.17, 15) is 0 Å². The Bertz CT molecular complexity index is 333. The molecule has 0 unspecified atom stereocenters. The first-order valence-electron chi connectivity index (χ1n) is 5.87. The largest absolute Gasteiger partial charge is 0.294 e. The van der Waals surface area contributed by atoms with Gasteiger partial charge in [-0.05, 0) is 51.8 Å². The fraction of sp³-hybridized carbons (Fsp3) is 0.615. The van der Waals surface area contributed by atoms with Crippen molar-refractivity contribution in [2.75, 3.05) is 6.54 Å². The number of hydrogen-bond acceptors (Lipinski definition) is 2. The maximum absolute atomic E-state index is 4.39. The molecule has 0 spiro atoms. The van der Waals surface area contributed by atoms with Crippen LogP contribution in [0.5, 0.6) is 0 Å². The van der Waals surface area contributed by atoms with E-state index in [2.05, 4.69) is 42.8 Å². The lowest BCUT2D eigenvalue weighted by Crippen LogP contribution is -2.30. The Morgan fingerprint density at radius 1 is 1.47 bits per heavy atom. The van der Waals surface area contributed by atoms with E-state index in [1.54, 1.807) is 0 Å². The summed E-state index contributed by atoms with van der Waals surface area (Å²) in [5.74, 6) is 0. The third kappa shape index (κ3) is 2.05. The van der Waals surface area contributed by atoms with E-state index in [-0.39, 0.29) is 0 Å². The van der Waals surface area contributed by atoms with Crippen molar-refractivity contribution in [3.05, 3.63) is 29.6 Å². The van der Waals surface area contributed by atoms with Gasteiger partial charge in [0.25, 0.3) is 0 Å². The Kier molecular flexibility index (Phi) is 3.06. The van der Waals surface area contributed by atoms with Crippen molar-refractivity contribution in [2.24, 2.45) is 0 Å². The molecule has 2 heteroatoms. The van der Waals surface area contributed by atoms with Gasteiger partial charge in [0, 0.05) is 24.0 Å². The summed E-state index contributed by atoms with van der Waals surface area (Å²) in [4.78, 5) is 6.98. The van der Waals surface area contributed by atoms with Crippen LogP contribution in [0.15, 0.2) is 18.3 Å². The molecule has 0 bridgehead atoms. The molecule has 0 N–H and O–H groups in total. The van der Waals surface area contributed by atoms with Crippen molar-refractivity contribution in [3.8, 4) is 0 Å². The summed E-state index contributed by atoms with van der Waals surface area (Å²) in [6.45, 7) is 7.91. The summed E-state index contributed by atoms with van der Waals surface area (Å²) < 4.78 is 0. The molecule has 1 atom stereocenters. The fourth-order valence-corrected chi connectivity index (χ4v) is 2.59. The zero-order chi connectivity index (χ0) is 10.8. The third-order valence-electron chi connectivity index (χ3n) is 3.36. The van der Waals surface area contributed by atoms with Crippen molar-refractivity contribution in [2.45, 2.75) is 45.7 Å². The fourth-order valence-electron chi connectivity index (χ4n) is 2.59. The van der Waals surface area contributed by atoms with Gasteiger partial charge in [-0.2, -0.15) is 0 Å². The molecule has 2 rings (SSSR count). The maximum Gasteiger partial charge on any atom is 0.0420 e. The van der Waals surface area contributed by atoms with E-state index in [4.69, 9.17) is 0 Å². The van der Waals surface area contributed by atoms with Crippen LogP contribution in [0.3, 0.4) is 0 Å². The lowest BCUT2D eigenvalue weighted by atomic mass is 10.0. The van der Waals surface area contributed by atoms with E-state index >= 15 is 0 Å². The highest BCUT2D eigenvalue weighted by Crippen LogP contribution is 2.34. The quantitative estimate of drug-likeness (QED) is 0.736.